The summed E-state index contributed by atoms with van der Waals surface area (Å²) in [5.74, 6) is -0.176. The van der Waals surface area contributed by atoms with Crippen LogP contribution in [0.1, 0.15) is 51.4 Å². The number of carbonyl (C=O) groups excluding carboxylic acids is 1. The Hall–Kier alpha value is -1.10. The van der Waals surface area contributed by atoms with E-state index in [4.69, 9.17) is 10.8 Å². The lowest BCUT2D eigenvalue weighted by molar-refractivity contribution is -0.140. The van der Waals surface area contributed by atoms with Crippen LogP contribution in [0.3, 0.4) is 0 Å². The minimum Gasteiger partial charge on any atom is -0.481 e. The molecule has 1 aliphatic carbocycles. The summed E-state index contributed by atoms with van der Waals surface area (Å²) in [6.45, 7) is 1.48. The van der Waals surface area contributed by atoms with Crippen molar-refractivity contribution >= 4 is 11.9 Å². The Morgan fingerprint density at radius 1 is 1.21 bits per heavy atom. The molecular formula is C14H24N2O3. The van der Waals surface area contributed by atoms with E-state index in [9.17, 15) is 9.59 Å². The van der Waals surface area contributed by atoms with Crippen LogP contribution in [0.4, 0.5) is 0 Å². The molecule has 0 aromatic rings. The van der Waals surface area contributed by atoms with E-state index in [0.29, 0.717) is 5.92 Å². The third kappa shape index (κ3) is 3.47. The fraction of sp³-hybridized carbons (Fsp3) is 0.857. The molecule has 19 heavy (non-hydrogen) atoms. The van der Waals surface area contributed by atoms with Crippen molar-refractivity contribution in [3.8, 4) is 0 Å². The van der Waals surface area contributed by atoms with Gasteiger partial charge in [0.25, 0.3) is 0 Å². The third-order valence-electron chi connectivity index (χ3n) is 4.59. The smallest absolute Gasteiger partial charge is 0.303 e. The Labute approximate surface area is 114 Å². The molecule has 5 nitrogen and oxygen atoms in total. The van der Waals surface area contributed by atoms with E-state index in [-0.39, 0.29) is 12.3 Å². The number of nitrogens with zero attached hydrogens (tertiary/aromatic N) is 1. The molecule has 0 radical (unpaired) electrons. The van der Waals surface area contributed by atoms with E-state index >= 15 is 0 Å². The number of nitrogens with two attached hydrogens (primary N) is 1. The van der Waals surface area contributed by atoms with E-state index in [1.165, 1.54) is 0 Å². The van der Waals surface area contributed by atoms with Gasteiger partial charge in [-0.2, -0.15) is 0 Å². The van der Waals surface area contributed by atoms with Gasteiger partial charge >= 0.3 is 5.97 Å². The standard InChI is InChI=1S/C14H24N2O3/c15-14(7-1-2-8-14)13(19)16-9-5-11(6-10-16)3-4-12(17)18/h11H,1-10,15H2,(H,17,18). The molecule has 1 saturated carbocycles. The summed E-state index contributed by atoms with van der Waals surface area (Å²) in [7, 11) is 0. The van der Waals surface area contributed by atoms with Crippen LogP contribution in [0.25, 0.3) is 0 Å². The fourth-order valence-corrected chi connectivity index (χ4v) is 3.29. The molecular weight excluding hydrogens is 244 g/mol. The molecule has 2 fully saturated rings. The summed E-state index contributed by atoms with van der Waals surface area (Å²) in [6, 6.07) is 0. The highest BCUT2D eigenvalue weighted by atomic mass is 16.4. The molecule has 2 rings (SSSR count). The monoisotopic (exact) mass is 268 g/mol. The summed E-state index contributed by atoms with van der Waals surface area (Å²) < 4.78 is 0. The van der Waals surface area contributed by atoms with Crippen LogP contribution in [0.2, 0.25) is 0 Å². The normalized spacial score (nSPS) is 23.5. The number of hydrogen-bond donors (Lipinski definition) is 2. The fourth-order valence-electron chi connectivity index (χ4n) is 3.29. The minimum atomic E-state index is -0.731. The SMILES string of the molecule is NC1(C(=O)N2CCC(CCC(=O)O)CC2)CCCC1. The van der Waals surface area contributed by atoms with Crippen molar-refractivity contribution < 1.29 is 14.7 Å². The van der Waals surface area contributed by atoms with E-state index in [1.54, 1.807) is 0 Å². The third-order valence-corrected chi connectivity index (χ3v) is 4.59. The van der Waals surface area contributed by atoms with Gasteiger partial charge in [-0.1, -0.05) is 12.8 Å². The van der Waals surface area contributed by atoms with Gasteiger partial charge in [0.05, 0.1) is 5.54 Å². The number of amides is 1. The molecule has 5 heteroatoms. The molecule has 1 aliphatic heterocycles. The van der Waals surface area contributed by atoms with Crippen molar-refractivity contribution in [1.82, 2.24) is 4.90 Å². The highest BCUT2D eigenvalue weighted by Gasteiger charge is 2.40. The quantitative estimate of drug-likeness (QED) is 0.806. The van der Waals surface area contributed by atoms with Gasteiger partial charge in [-0.15, -0.1) is 0 Å². The first-order valence-electron chi connectivity index (χ1n) is 7.31. The summed E-state index contributed by atoms with van der Waals surface area (Å²) in [5.41, 5.74) is 5.58. The van der Waals surface area contributed by atoms with Crippen LogP contribution in [-0.2, 0) is 9.59 Å². The number of aliphatic carboxylic acids is 1. The van der Waals surface area contributed by atoms with E-state index in [0.717, 1.165) is 58.0 Å². The Balaban J connectivity index is 1.79. The summed E-state index contributed by atoms with van der Waals surface area (Å²) >= 11 is 0. The molecule has 0 aromatic heterocycles. The van der Waals surface area contributed by atoms with Gasteiger partial charge in [0.1, 0.15) is 0 Å². The molecule has 0 unspecified atom stereocenters. The lowest BCUT2D eigenvalue weighted by atomic mass is 9.90. The van der Waals surface area contributed by atoms with E-state index in [1.807, 2.05) is 4.90 Å². The molecule has 2 aliphatic rings. The first-order valence-corrected chi connectivity index (χ1v) is 7.31. The van der Waals surface area contributed by atoms with Gasteiger partial charge in [-0.05, 0) is 38.0 Å². The Kier molecular flexibility index (Phi) is 4.45. The predicted molar refractivity (Wildman–Crippen MR) is 71.6 cm³/mol. The average Bonchev–Trinajstić information content (AvgIpc) is 2.84. The number of carboxylic acid groups (broad SMARTS) is 1. The first kappa shape index (κ1) is 14.3. The molecule has 3 N–H and O–H groups in total. The zero-order valence-electron chi connectivity index (χ0n) is 11.4. The van der Waals surface area contributed by atoms with E-state index in [2.05, 4.69) is 0 Å². The van der Waals surface area contributed by atoms with Crippen molar-refractivity contribution in [2.24, 2.45) is 11.7 Å². The van der Waals surface area contributed by atoms with E-state index < -0.39 is 11.5 Å². The Morgan fingerprint density at radius 3 is 2.32 bits per heavy atom. The van der Waals surface area contributed by atoms with Crippen molar-refractivity contribution in [3.05, 3.63) is 0 Å². The zero-order valence-corrected chi connectivity index (χ0v) is 11.4. The summed E-state index contributed by atoms with van der Waals surface area (Å²) in [5, 5.41) is 8.68. The Morgan fingerprint density at radius 2 is 1.79 bits per heavy atom. The zero-order chi connectivity index (χ0) is 13.9. The van der Waals surface area contributed by atoms with Crippen LogP contribution in [0, 0.1) is 5.92 Å². The van der Waals surface area contributed by atoms with Crippen LogP contribution < -0.4 is 5.73 Å². The van der Waals surface area contributed by atoms with Crippen molar-refractivity contribution in [2.45, 2.75) is 56.9 Å². The van der Waals surface area contributed by atoms with Gasteiger partial charge in [-0.25, -0.2) is 0 Å². The number of likely N-dealkylation sites (tertiary alicyclic amines) is 1. The van der Waals surface area contributed by atoms with Crippen LogP contribution in [0.5, 0.6) is 0 Å². The number of hydrogen-bond acceptors (Lipinski definition) is 3. The van der Waals surface area contributed by atoms with Gasteiger partial charge in [-0.3, -0.25) is 9.59 Å². The molecule has 108 valence electrons. The average molecular weight is 268 g/mol. The summed E-state index contributed by atoms with van der Waals surface area (Å²) in [4.78, 5) is 24.8. The second kappa shape index (κ2) is 5.90. The van der Waals surface area contributed by atoms with Gasteiger partial charge in [0.2, 0.25) is 5.91 Å². The lowest BCUT2D eigenvalue weighted by Gasteiger charge is -2.36. The maximum Gasteiger partial charge on any atom is 0.303 e. The number of carbonyl (C=O) groups is 2. The minimum absolute atomic E-state index is 0.113. The van der Waals surface area contributed by atoms with Crippen LogP contribution in [0.15, 0.2) is 0 Å². The second-order valence-corrected chi connectivity index (χ2v) is 6.03. The number of piperidine rings is 1. The second-order valence-electron chi connectivity index (χ2n) is 6.03. The molecule has 1 heterocycles. The number of rotatable bonds is 4. The lowest BCUT2D eigenvalue weighted by Crippen LogP contribution is -2.55. The van der Waals surface area contributed by atoms with Crippen molar-refractivity contribution in [1.29, 1.82) is 0 Å². The van der Waals surface area contributed by atoms with Gasteiger partial charge < -0.3 is 15.7 Å². The highest BCUT2D eigenvalue weighted by Crippen LogP contribution is 2.31. The maximum absolute atomic E-state index is 12.4. The maximum atomic E-state index is 12.4. The molecule has 0 bridgehead atoms. The predicted octanol–water partition coefficient (Wildman–Crippen LogP) is 1.36. The van der Waals surface area contributed by atoms with Gasteiger partial charge in [0, 0.05) is 19.5 Å². The molecule has 0 atom stereocenters. The van der Waals surface area contributed by atoms with Crippen LogP contribution >= 0.6 is 0 Å². The first-order chi connectivity index (χ1) is 9.01. The summed E-state index contributed by atoms with van der Waals surface area (Å²) in [6.07, 6.45) is 6.51. The molecule has 1 amide bonds. The topological polar surface area (TPSA) is 83.6 Å². The van der Waals surface area contributed by atoms with Gasteiger partial charge in [0.15, 0.2) is 0 Å². The Bertz CT molecular complexity index is 343. The molecule has 0 aromatic carbocycles. The van der Waals surface area contributed by atoms with Crippen molar-refractivity contribution in [2.75, 3.05) is 13.1 Å². The largest absolute Gasteiger partial charge is 0.481 e. The molecule has 0 spiro atoms. The molecule has 1 saturated heterocycles. The van der Waals surface area contributed by atoms with Crippen molar-refractivity contribution in [3.63, 3.8) is 0 Å². The number of carboxylic acids is 1. The van der Waals surface area contributed by atoms with Crippen LogP contribution in [-0.4, -0.2) is 40.5 Å². The highest BCUT2D eigenvalue weighted by molar-refractivity contribution is 5.86.